The smallest absolute Gasteiger partial charge is 0.225 e. The zero-order valence-electron chi connectivity index (χ0n) is 23.5. The summed E-state index contributed by atoms with van der Waals surface area (Å²) in [5.41, 5.74) is 2.22. The predicted molar refractivity (Wildman–Crippen MR) is 160 cm³/mol. The van der Waals surface area contributed by atoms with E-state index in [0.717, 1.165) is 68.7 Å². The Hall–Kier alpha value is -3.62. The molecule has 0 radical (unpaired) electrons. The summed E-state index contributed by atoms with van der Waals surface area (Å²) < 4.78 is 11.1. The quantitative estimate of drug-likeness (QED) is 0.256. The summed E-state index contributed by atoms with van der Waals surface area (Å²) in [6.45, 7) is 4.87. The lowest BCUT2D eigenvalue weighted by Gasteiger charge is -2.33. The standard InChI is InChI=1S/C31H40N6O2/c1-36(2)16-8-15-32-31-34-27-20-29(39-4)28(38-3)19-26(27)30(35-31)33-24-13-17-37(18-14-24)21-23-11-7-10-22-9-5-6-12-25(22)23/h5-7,9-12,19-20,24H,8,13-18,21H2,1-4H3,(H2,32,33,34,35). The number of methoxy groups -OCH3 is 2. The minimum absolute atomic E-state index is 0.335. The lowest BCUT2D eigenvalue weighted by molar-refractivity contribution is 0.212. The second-order valence-corrected chi connectivity index (χ2v) is 10.5. The van der Waals surface area contributed by atoms with Crippen LogP contribution < -0.4 is 20.1 Å². The van der Waals surface area contributed by atoms with Gasteiger partial charge in [-0.2, -0.15) is 4.98 Å². The molecule has 0 aliphatic carbocycles. The number of anilines is 2. The van der Waals surface area contributed by atoms with E-state index in [-0.39, 0.29) is 0 Å². The van der Waals surface area contributed by atoms with E-state index in [9.17, 15) is 0 Å². The van der Waals surface area contributed by atoms with Crippen LogP contribution in [0.5, 0.6) is 11.5 Å². The Bertz CT molecular complexity index is 1400. The lowest BCUT2D eigenvalue weighted by Crippen LogP contribution is -2.38. The number of ether oxygens (including phenoxy) is 2. The third-order valence-corrected chi connectivity index (χ3v) is 7.47. The number of hydrogen-bond donors (Lipinski definition) is 2. The average molecular weight is 529 g/mol. The molecule has 2 N–H and O–H groups in total. The highest BCUT2D eigenvalue weighted by Gasteiger charge is 2.22. The summed E-state index contributed by atoms with van der Waals surface area (Å²) >= 11 is 0. The minimum Gasteiger partial charge on any atom is -0.493 e. The molecule has 8 nitrogen and oxygen atoms in total. The van der Waals surface area contributed by atoms with E-state index in [2.05, 4.69) is 77.0 Å². The number of benzene rings is 3. The van der Waals surface area contributed by atoms with Crippen LogP contribution in [0.25, 0.3) is 21.7 Å². The van der Waals surface area contributed by atoms with Crippen molar-refractivity contribution in [2.45, 2.75) is 31.8 Å². The molecule has 206 valence electrons. The van der Waals surface area contributed by atoms with Crippen LogP contribution in [0.4, 0.5) is 11.8 Å². The predicted octanol–water partition coefficient (Wildman–Crippen LogP) is 5.24. The van der Waals surface area contributed by atoms with Crippen molar-refractivity contribution >= 4 is 33.4 Å². The number of nitrogens with one attached hydrogen (secondary N) is 2. The van der Waals surface area contributed by atoms with E-state index >= 15 is 0 Å². The zero-order chi connectivity index (χ0) is 27.2. The summed E-state index contributed by atoms with van der Waals surface area (Å²) in [6.07, 6.45) is 3.11. The zero-order valence-corrected chi connectivity index (χ0v) is 23.5. The maximum Gasteiger partial charge on any atom is 0.225 e. The van der Waals surface area contributed by atoms with Crippen LogP contribution in [-0.4, -0.2) is 80.3 Å². The summed E-state index contributed by atoms with van der Waals surface area (Å²) in [7, 11) is 7.48. The number of likely N-dealkylation sites (tertiary alicyclic amines) is 1. The Morgan fingerprint density at radius 1 is 0.923 bits per heavy atom. The molecule has 0 atom stereocenters. The average Bonchev–Trinajstić information content (AvgIpc) is 2.95. The van der Waals surface area contributed by atoms with Gasteiger partial charge in [0, 0.05) is 43.7 Å². The Kier molecular flexibility index (Phi) is 8.64. The number of rotatable bonds is 11. The van der Waals surface area contributed by atoms with Crippen molar-refractivity contribution in [2.24, 2.45) is 0 Å². The Morgan fingerprint density at radius 2 is 1.67 bits per heavy atom. The van der Waals surface area contributed by atoms with Crippen LogP contribution in [0.3, 0.4) is 0 Å². The third-order valence-electron chi connectivity index (χ3n) is 7.47. The fraction of sp³-hybridized carbons (Fsp3) is 0.419. The summed E-state index contributed by atoms with van der Waals surface area (Å²) in [6, 6.07) is 19.5. The van der Waals surface area contributed by atoms with E-state index in [4.69, 9.17) is 19.4 Å². The first-order chi connectivity index (χ1) is 19.0. The minimum atomic E-state index is 0.335. The van der Waals surface area contributed by atoms with Gasteiger partial charge < -0.3 is 25.0 Å². The molecule has 3 aromatic carbocycles. The topological polar surface area (TPSA) is 74.8 Å². The highest BCUT2D eigenvalue weighted by atomic mass is 16.5. The molecule has 0 unspecified atom stereocenters. The Balaban J connectivity index is 1.30. The van der Waals surface area contributed by atoms with Gasteiger partial charge in [-0.3, -0.25) is 4.90 Å². The van der Waals surface area contributed by atoms with Gasteiger partial charge >= 0.3 is 0 Å². The summed E-state index contributed by atoms with van der Waals surface area (Å²) in [5, 5.41) is 10.8. The molecule has 1 aliphatic rings. The van der Waals surface area contributed by atoms with Gasteiger partial charge in [0.15, 0.2) is 11.5 Å². The SMILES string of the molecule is COc1cc2nc(NCCCN(C)C)nc(NC3CCN(Cc4cccc5ccccc45)CC3)c2cc1OC. The largest absolute Gasteiger partial charge is 0.493 e. The highest BCUT2D eigenvalue weighted by molar-refractivity contribution is 5.93. The molecule has 0 amide bonds. The van der Waals surface area contributed by atoms with Crippen LogP contribution in [-0.2, 0) is 6.54 Å². The molecule has 4 aromatic rings. The molecule has 5 rings (SSSR count). The molecular weight excluding hydrogens is 488 g/mol. The number of nitrogens with zero attached hydrogens (tertiary/aromatic N) is 4. The number of aromatic nitrogens is 2. The molecular formula is C31H40N6O2. The van der Waals surface area contributed by atoms with Gasteiger partial charge in [-0.1, -0.05) is 42.5 Å². The van der Waals surface area contributed by atoms with E-state index in [0.29, 0.717) is 23.5 Å². The first-order valence-electron chi connectivity index (χ1n) is 13.8. The molecule has 2 heterocycles. The van der Waals surface area contributed by atoms with Crippen molar-refractivity contribution in [3.8, 4) is 11.5 Å². The molecule has 8 heteroatoms. The highest BCUT2D eigenvalue weighted by Crippen LogP contribution is 2.35. The van der Waals surface area contributed by atoms with Crippen LogP contribution in [0.15, 0.2) is 54.6 Å². The molecule has 1 saturated heterocycles. The van der Waals surface area contributed by atoms with Crippen molar-refractivity contribution in [3.63, 3.8) is 0 Å². The van der Waals surface area contributed by atoms with E-state index in [1.807, 2.05) is 12.1 Å². The normalized spacial score (nSPS) is 14.7. The third kappa shape index (κ3) is 6.52. The fourth-order valence-electron chi connectivity index (χ4n) is 5.34. The van der Waals surface area contributed by atoms with Crippen molar-refractivity contribution in [1.29, 1.82) is 0 Å². The van der Waals surface area contributed by atoms with Crippen LogP contribution >= 0.6 is 0 Å². The van der Waals surface area contributed by atoms with Crippen molar-refractivity contribution in [3.05, 3.63) is 60.2 Å². The van der Waals surface area contributed by atoms with Gasteiger partial charge in [0.25, 0.3) is 0 Å². The monoisotopic (exact) mass is 528 g/mol. The van der Waals surface area contributed by atoms with Gasteiger partial charge in [0.05, 0.1) is 19.7 Å². The van der Waals surface area contributed by atoms with Gasteiger partial charge in [-0.25, -0.2) is 4.98 Å². The van der Waals surface area contributed by atoms with Gasteiger partial charge in [0.1, 0.15) is 5.82 Å². The number of piperidine rings is 1. The summed E-state index contributed by atoms with van der Waals surface area (Å²) in [5.74, 6) is 2.80. The van der Waals surface area contributed by atoms with Gasteiger partial charge in [0.2, 0.25) is 5.95 Å². The lowest BCUT2D eigenvalue weighted by atomic mass is 10.0. The first kappa shape index (κ1) is 27.0. The Morgan fingerprint density at radius 3 is 2.44 bits per heavy atom. The van der Waals surface area contributed by atoms with E-state index < -0.39 is 0 Å². The summed E-state index contributed by atoms with van der Waals surface area (Å²) in [4.78, 5) is 14.4. The first-order valence-corrected chi connectivity index (χ1v) is 13.8. The second kappa shape index (κ2) is 12.5. The molecule has 39 heavy (non-hydrogen) atoms. The number of hydrogen-bond acceptors (Lipinski definition) is 8. The van der Waals surface area contributed by atoms with Gasteiger partial charge in [-0.15, -0.1) is 0 Å². The van der Waals surface area contributed by atoms with Crippen molar-refractivity contribution < 1.29 is 9.47 Å². The maximum atomic E-state index is 5.59. The van der Waals surface area contributed by atoms with E-state index in [1.54, 1.807) is 14.2 Å². The maximum absolute atomic E-state index is 5.59. The second-order valence-electron chi connectivity index (χ2n) is 10.5. The van der Waals surface area contributed by atoms with E-state index in [1.165, 1.54) is 16.3 Å². The Labute approximate surface area is 231 Å². The van der Waals surface area contributed by atoms with Crippen LogP contribution in [0.2, 0.25) is 0 Å². The molecule has 1 aromatic heterocycles. The molecule has 1 aliphatic heterocycles. The number of fused-ring (bicyclic) bond motifs is 2. The van der Waals surface area contributed by atoms with Crippen LogP contribution in [0.1, 0.15) is 24.8 Å². The molecule has 0 bridgehead atoms. The molecule has 0 spiro atoms. The fourth-order valence-corrected chi connectivity index (χ4v) is 5.34. The molecule has 0 saturated carbocycles. The van der Waals surface area contributed by atoms with Crippen molar-refractivity contribution in [2.75, 3.05) is 65.1 Å². The van der Waals surface area contributed by atoms with Crippen molar-refractivity contribution in [1.82, 2.24) is 19.8 Å². The molecule has 1 fully saturated rings. The van der Waals surface area contributed by atoms with Crippen LogP contribution in [0, 0.1) is 0 Å². The van der Waals surface area contributed by atoms with Gasteiger partial charge in [-0.05, 0) is 62.3 Å².